The number of aromatic nitrogens is 3. The van der Waals surface area contributed by atoms with Gasteiger partial charge in [0.1, 0.15) is 16.5 Å². The van der Waals surface area contributed by atoms with Crippen molar-refractivity contribution in [2.24, 2.45) is 0 Å². The van der Waals surface area contributed by atoms with Gasteiger partial charge in [-0.25, -0.2) is 4.98 Å². The maximum atomic E-state index is 12.0. The number of rotatable bonds is 5. The Kier molecular flexibility index (Phi) is 4.40. The summed E-state index contributed by atoms with van der Waals surface area (Å²) in [6, 6.07) is 5.30. The summed E-state index contributed by atoms with van der Waals surface area (Å²) in [5, 5.41) is 14.8. The van der Waals surface area contributed by atoms with Crippen LogP contribution in [-0.2, 0) is 0 Å². The molecule has 0 aliphatic carbocycles. The monoisotopic (exact) mass is 277 g/mol. The van der Waals surface area contributed by atoms with Crippen LogP contribution in [0.5, 0.6) is 0 Å². The minimum absolute atomic E-state index is 0.281. The van der Waals surface area contributed by atoms with Gasteiger partial charge < -0.3 is 5.32 Å². The third-order valence-corrected chi connectivity index (χ3v) is 3.04. The molecule has 19 heavy (non-hydrogen) atoms. The molecule has 0 aromatic carbocycles. The minimum Gasteiger partial charge on any atom is -0.370 e. The second kappa shape index (κ2) is 6.24. The van der Waals surface area contributed by atoms with Gasteiger partial charge in [0, 0.05) is 6.54 Å². The zero-order valence-corrected chi connectivity index (χ0v) is 11.6. The summed E-state index contributed by atoms with van der Waals surface area (Å²) in [6.45, 7) is 4.73. The van der Waals surface area contributed by atoms with Gasteiger partial charge in [0.15, 0.2) is 0 Å². The topological polar surface area (TPSA) is 79.8 Å². The summed E-state index contributed by atoms with van der Waals surface area (Å²) >= 11 is 1.33. The summed E-state index contributed by atoms with van der Waals surface area (Å²) < 4.78 is 0. The standard InChI is InChI=1S/C12H15N5OS/c1-3-7-13-10-6-4-5-9(14-10)11(18)15-12-17-16-8(2)19-12/h4-6H,3,7H2,1-2H3,(H,13,14)(H,15,17,18). The fraction of sp³-hybridized carbons (Fsp3) is 0.333. The molecule has 100 valence electrons. The Morgan fingerprint density at radius 1 is 1.37 bits per heavy atom. The first-order chi connectivity index (χ1) is 9.19. The Hall–Kier alpha value is -2.02. The second-order valence-electron chi connectivity index (χ2n) is 3.92. The van der Waals surface area contributed by atoms with Crippen LogP contribution in [0.3, 0.4) is 0 Å². The van der Waals surface area contributed by atoms with Crippen molar-refractivity contribution in [1.82, 2.24) is 15.2 Å². The summed E-state index contributed by atoms with van der Waals surface area (Å²) in [6.07, 6.45) is 1.00. The number of pyridine rings is 1. The summed E-state index contributed by atoms with van der Waals surface area (Å²) in [4.78, 5) is 16.2. The molecule has 2 aromatic rings. The van der Waals surface area contributed by atoms with Gasteiger partial charge in [-0.1, -0.05) is 24.3 Å². The van der Waals surface area contributed by atoms with Gasteiger partial charge in [-0.15, -0.1) is 10.2 Å². The third kappa shape index (κ3) is 3.72. The van der Waals surface area contributed by atoms with E-state index in [2.05, 4.69) is 32.7 Å². The maximum Gasteiger partial charge on any atom is 0.276 e. The first-order valence-electron chi connectivity index (χ1n) is 6.01. The highest BCUT2D eigenvalue weighted by Crippen LogP contribution is 2.15. The van der Waals surface area contributed by atoms with Crippen LogP contribution in [0.25, 0.3) is 0 Å². The van der Waals surface area contributed by atoms with Gasteiger partial charge in [0.2, 0.25) is 5.13 Å². The molecule has 0 spiro atoms. The maximum absolute atomic E-state index is 12.0. The number of carbonyl (C=O) groups excluding carboxylic acids is 1. The summed E-state index contributed by atoms with van der Waals surface area (Å²) in [7, 11) is 0. The van der Waals surface area contributed by atoms with Crippen molar-refractivity contribution >= 4 is 28.2 Å². The molecule has 2 aromatic heterocycles. The number of nitrogens with one attached hydrogen (secondary N) is 2. The normalized spacial score (nSPS) is 10.2. The van der Waals surface area contributed by atoms with Gasteiger partial charge in [0.25, 0.3) is 5.91 Å². The lowest BCUT2D eigenvalue weighted by atomic mass is 10.3. The molecule has 0 atom stereocenters. The molecule has 0 unspecified atom stereocenters. The molecule has 0 saturated carbocycles. The van der Waals surface area contributed by atoms with E-state index in [0.29, 0.717) is 16.6 Å². The fourth-order valence-electron chi connectivity index (χ4n) is 1.42. The van der Waals surface area contributed by atoms with E-state index in [0.717, 1.165) is 18.0 Å². The van der Waals surface area contributed by atoms with Crippen molar-refractivity contribution in [3.8, 4) is 0 Å². The predicted octanol–water partition coefficient (Wildman–Crippen LogP) is 2.32. The molecule has 2 rings (SSSR count). The molecule has 0 aliphatic heterocycles. The number of aryl methyl sites for hydroxylation is 1. The van der Waals surface area contributed by atoms with E-state index in [4.69, 9.17) is 0 Å². The first kappa shape index (κ1) is 13.4. The summed E-state index contributed by atoms with van der Waals surface area (Å²) in [5.74, 6) is 0.416. The van der Waals surface area contributed by atoms with Gasteiger partial charge >= 0.3 is 0 Å². The Balaban J connectivity index is 2.06. The van der Waals surface area contributed by atoms with E-state index >= 15 is 0 Å². The Bertz CT molecular complexity index is 569. The molecule has 7 heteroatoms. The molecule has 0 bridgehead atoms. The number of hydrogen-bond donors (Lipinski definition) is 2. The lowest BCUT2D eigenvalue weighted by molar-refractivity contribution is 0.102. The van der Waals surface area contributed by atoms with E-state index < -0.39 is 0 Å². The number of nitrogens with zero attached hydrogens (tertiary/aromatic N) is 3. The Labute approximate surface area is 115 Å². The van der Waals surface area contributed by atoms with Crippen LogP contribution < -0.4 is 10.6 Å². The predicted molar refractivity (Wildman–Crippen MR) is 75.6 cm³/mol. The molecule has 2 heterocycles. The van der Waals surface area contributed by atoms with E-state index in [1.54, 1.807) is 12.1 Å². The average molecular weight is 277 g/mol. The molecular formula is C12H15N5OS. The highest BCUT2D eigenvalue weighted by molar-refractivity contribution is 7.15. The largest absolute Gasteiger partial charge is 0.370 e. The van der Waals surface area contributed by atoms with E-state index in [1.807, 2.05) is 13.0 Å². The van der Waals surface area contributed by atoms with E-state index in [-0.39, 0.29) is 5.91 Å². The van der Waals surface area contributed by atoms with E-state index in [9.17, 15) is 4.79 Å². The van der Waals surface area contributed by atoms with Crippen LogP contribution in [0, 0.1) is 6.92 Å². The second-order valence-corrected chi connectivity index (χ2v) is 5.10. The molecule has 0 aliphatic rings. The van der Waals surface area contributed by atoms with Crippen LogP contribution in [0.4, 0.5) is 10.9 Å². The van der Waals surface area contributed by atoms with Crippen LogP contribution in [0.1, 0.15) is 28.8 Å². The molecule has 2 N–H and O–H groups in total. The molecule has 0 radical (unpaired) electrons. The first-order valence-corrected chi connectivity index (χ1v) is 6.83. The number of hydrogen-bond acceptors (Lipinski definition) is 6. The zero-order chi connectivity index (χ0) is 13.7. The lowest BCUT2D eigenvalue weighted by Gasteiger charge is -2.05. The molecule has 0 saturated heterocycles. The third-order valence-electron chi connectivity index (χ3n) is 2.28. The highest BCUT2D eigenvalue weighted by atomic mass is 32.1. The fourth-order valence-corrected chi connectivity index (χ4v) is 2.01. The summed E-state index contributed by atoms with van der Waals surface area (Å²) in [5.41, 5.74) is 0.356. The molecular weight excluding hydrogens is 262 g/mol. The molecule has 0 fully saturated rings. The smallest absolute Gasteiger partial charge is 0.276 e. The van der Waals surface area contributed by atoms with E-state index in [1.165, 1.54) is 11.3 Å². The van der Waals surface area contributed by atoms with Crippen LogP contribution >= 0.6 is 11.3 Å². The van der Waals surface area contributed by atoms with Crippen LogP contribution in [-0.4, -0.2) is 27.6 Å². The van der Waals surface area contributed by atoms with Crippen molar-refractivity contribution in [1.29, 1.82) is 0 Å². The van der Waals surface area contributed by atoms with Gasteiger partial charge in [-0.2, -0.15) is 0 Å². The number of amides is 1. The highest BCUT2D eigenvalue weighted by Gasteiger charge is 2.10. The number of carbonyl (C=O) groups is 1. The van der Waals surface area contributed by atoms with Crippen molar-refractivity contribution in [2.45, 2.75) is 20.3 Å². The van der Waals surface area contributed by atoms with Crippen LogP contribution in [0.15, 0.2) is 18.2 Å². The Morgan fingerprint density at radius 2 is 2.21 bits per heavy atom. The minimum atomic E-state index is -0.281. The molecule has 6 nitrogen and oxygen atoms in total. The quantitative estimate of drug-likeness (QED) is 0.876. The lowest BCUT2D eigenvalue weighted by Crippen LogP contribution is -2.14. The van der Waals surface area contributed by atoms with Crippen LogP contribution in [0.2, 0.25) is 0 Å². The van der Waals surface area contributed by atoms with Crippen molar-refractivity contribution in [3.05, 3.63) is 28.9 Å². The number of anilines is 2. The average Bonchev–Trinajstić information content (AvgIpc) is 2.82. The van der Waals surface area contributed by atoms with Gasteiger partial charge in [0.05, 0.1) is 0 Å². The van der Waals surface area contributed by atoms with Gasteiger partial charge in [-0.3, -0.25) is 10.1 Å². The molecule has 1 amide bonds. The van der Waals surface area contributed by atoms with Crippen molar-refractivity contribution in [2.75, 3.05) is 17.2 Å². The van der Waals surface area contributed by atoms with Crippen molar-refractivity contribution < 1.29 is 4.79 Å². The zero-order valence-electron chi connectivity index (χ0n) is 10.8. The van der Waals surface area contributed by atoms with Gasteiger partial charge in [-0.05, 0) is 25.5 Å². The Morgan fingerprint density at radius 3 is 2.89 bits per heavy atom. The SMILES string of the molecule is CCCNc1cccc(C(=O)Nc2nnc(C)s2)n1. The van der Waals surface area contributed by atoms with Crippen molar-refractivity contribution in [3.63, 3.8) is 0 Å².